The lowest BCUT2D eigenvalue weighted by Crippen LogP contribution is -2.30. The van der Waals surface area contributed by atoms with Crippen molar-refractivity contribution in [3.8, 4) is 0 Å². The van der Waals surface area contributed by atoms with Gasteiger partial charge in [-0.2, -0.15) is 0 Å². The monoisotopic (exact) mass is 316 g/mol. The number of carbonyl (C=O) groups excluding carboxylic acids is 1. The zero-order valence-electron chi connectivity index (χ0n) is 13.1. The molecule has 0 aliphatic rings. The van der Waals surface area contributed by atoms with Gasteiger partial charge in [-0.3, -0.25) is 4.79 Å². The maximum atomic E-state index is 12.0. The first-order valence-electron chi connectivity index (χ1n) is 7.31. The van der Waals surface area contributed by atoms with Crippen LogP contribution in [0.5, 0.6) is 0 Å². The number of halogens is 1. The summed E-state index contributed by atoms with van der Waals surface area (Å²) in [5.41, 5.74) is 4.26. The number of hydrogen-bond acceptors (Lipinski definition) is 2. The van der Waals surface area contributed by atoms with Gasteiger partial charge in [-0.1, -0.05) is 29.8 Å². The molecule has 2 aromatic rings. The fourth-order valence-electron chi connectivity index (χ4n) is 2.16. The fourth-order valence-corrected chi connectivity index (χ4v) is 2.36. The largest absolute Gasteiger partial charge is 0.325 e. The molecule has 1 amide bonds. The number of aryl methyl sites for hydroxylation is 2. The van der Waals surface area contributed by atoms with E-state index in [-0.39, 0.29) is 18.5 Å². The molecule has 0 unspecified atom stereocenters. The number of anilines is 1. The van der Waals surface area contributed by atoms with E-state index in [2.05, 4.69) is 17.6 Å². The molecular formula is C18H21ClN2O. The van der Waals surface area contributed by atoms with E-state index in [0.717, 1.165) is 16.8 Å². The third kappa shape index (κ3) is 4.58. The van der Waals surface area contributed by atoms with Crippen LogP contribution in [0.15, 0.2) is 42.5 Å². The normalized spacial score (nSPS) is 12.0. The maximum Gasteiger partial charge on any atom is 0.238 e. The van der Waals surface area contributed by atoms with Gasteiger partial charge in [-0.05, 0) is 61.7 Å². The highest BCUT2D eigenvalue weighted by Gasteiger charge is 2.08. The Labute approximate surface area is 136 Å². The molecule has 0 aromatic heterocycles. The van der Waals surface area contributed by atoms with Crippen molar-refractivity contribution in [2.75, 3.05) is 11.9 Å². The summed E-state index contributed by atoms with van der Waals surface area (Å²) in [5.74, 6) is -0.0582. The first-order chi connectivity index (χ1) is 10.5. The number of rotatable bonds is 5. The fraction of sp³-hybridized carbons (Fsp3) is 0.278. The highest BCUT2D eigenvalue weighted by atomic mass is 35.5. The van der Waals surface area contributed by atoms with Crippen molar-refractivity contribution < 1.29 is 4.79 Å². The first-order valence-corrected chi connectivity index (χ1v) is 7.69. The van der Waals surface area contributed by atoms with E-state index in [1.54, 1.807) is 0 Å². The number of amides is 1. The van der Waals surface area contributed by atoms with Crippen LogP contribution in [0.3, 0.4) is 0 Å². The number of benzene rings is 2. The second-order valence-electron chi connectivity index (χ2n) is 5.50. The Morgan fingerprint density at radius 1 is 1.14 bits per heavy atom. The van der Waals surface area contributed by atoms with Gasteiger partial charge in [-0.15, -0.1) is 0 Å². The Kier molecular flexibility index (Phi) is 5.58. The van der Waals surface area contributed by atoms with Crippen molar-refractivity contribution in [2.24, 2.45) is 0 Å². The summed E-state index contributed by atoms with van der Waals surface area (Å²) in [6, 6.07) is 13.6. The lowest BCUT2D eigenvalue weighted by atomic mass is 10.1. The van der Waals surface area contributed by atoms with Crippen molar-refractivity contribution >= 4 is 23.2 Å². The van der Waals surface area contributed by atoms with Crippen molar-refractivity contribution in [1.29, 1.82) is 0 Å². The molecule has 0 saturated heterocycles. The average molecular weight is 317 g/mol. The summed E-state index contributed by atoms with van der Waals surface area (Å²) in [6.07, 6.45) is 0. The molecule has 0 radical (unpaired) electrons. The van der Waals surface area contributed by atoms with Gasteiger partial charge < -0.3 is 10.6 Å². The Morgan fingerprint density at radius 2 is 1.91 bits per heavy atom. The van der Waals surface area contributed by atoms with Crippen LogP contribution >= 0.6 is 11.6 Å². The molecule has 4 heteroatoms. The molecule has 22 heavy (non-hydrogen) atoms. The molecule has 0 heterocycles. The summed E-state index contributed by atoms with van der Waals surface area (Å²) in [7, 11) is 0. The average Bonchev–Trinajstić information content (AvgIpc) is 2.48. The minimum Gasteiger partial charge on any atom is -0.325 e. The highest BCUT2D eigenvalue weighted by molar-refractivity contribution is 6.30. The second-order valence-corrected chi connectivity index (χ2v) is 5.94. The molecular weight excluding hydrogens is 296 g/mol. The Hall–Kier alpha value is -1.84. The van der Waals surface area contributed by atoms with Crippen molar-refractivity contribution in [3.63, 3.8) is 0 Å². The van der Waals surface area contributed by atoms with Gasteiger partial charge in [0.2, 0.25) is 5.91 Å². The zero-order chi connectivity index (χ0) is 16.1. The van der Waals surface area contributed by atoms with Crippen molar-refractivity contribution in [3.05, 3.63) is 64.2 Å². The van der Waals surface area contributed by atoms with E-state index in [1.165, 1.54) is 5.56 Å². The minimum atomic E-state index is -0.0582. The van der Waals surface area contributed by atoms with E-state index in [9.17, 15) is 4.79 Å². The molecule has 0 aliphatic heterocycles. The molecule has 0 spiro atoms. The van der Waals surface area contributed by atoms with Crippen LogP contribution in [-0.2, 0) is 4.79 Å². The summed E-state index contributed by atoms with van der Waals surface area (Å²) in [4.78, 5) is 12.0. The van der Waals surface area contributed by atoms with E-state index in [1.807, 2.05) is 56.3 Å². The summed E-state index contributed by atoms with van der Waals surface area (Å²) < 4.78 is 0. The standard InChI is InChI=1S/C18H21ClN2O/c1-12-7-8-17(9-13(12)2)21-18(22)11-20-14(3)15-5-4-6-16(19)10-15/h4-10,14,20H,11H2,1-3H3,(H,21,22)/t14-/m0/s1. The molecule has 2 N–H and O–H groups in total. The van der Waals surface area contributed by atoms with Crippen LogP contribution in [-0.4, -0.2) is 12.5 Å². The lowest BCUT2D eigenvalue weighted by Gasteiger charge is -2.14. The van der Waals surface area contributed by atoms with Crippen LogP contribution < -0.4 is 10.6 Å². The van der Waals surface area contributed by atoms with Crippen LogP contribution in [0.4, 0.5) is 5.69 Å². The van der Waals surface area contributed by atoms with E-state index in [0.29, 0.717) is 5.02 Å². The number of nitrogens with one attached hydrogen (secondary N) is 2. The molecule has 3 nitrogen and oxygen atoms in total. The molecule has 2 rings (SSSR count). The first kappa shape index (κ1) is 16.5. The molecule has 0 saturated carbocycles. The van der Waals surface area contributed by atoms with Gasteiger partial charge in [0.05, 0.1) is 6.54 Å². The molecule has 0 fully saturated rings. The van der Waals surface area contributed by atoms with E-state index >= 15 is 0 Å². The quantitative estimate of drug-likeness (QED) is 0.866. The molecule has 0 bridgehead atoms. The van der Waals surface area contributed by atoms with Gasteiger partial charge >= 0.3 is 0 Å². The Balaban J connectivity index is 1.88. The Bertz CT molecular complexity index is 670. The topological polar surface area (TPSA) is 41.1 Å². The van der Waals surface area contributed by atoms with Gasteiger partial charge in [-0.25, -0.2) is 0 Å². The second kappa shape index (κ2) is 7.43. The summed E-state index contributed by atoms with van der Waals surface area (Å²) in [5, 5.41) is 6.80. The predicted molar refractivity (Wildman–Crippen MR) is 92.4 cm³/mol. The van der Waals surface area contributed by atoms with E-state index in [4.69, 9.17) is 11.6 Å². The van der Waals surface area contributed by atoms with Crippen LogP contribution in [0.25, 0.3) is 0 Å². The van der Waals surface area contributed by atoms with E-state index < -0.39 is 0 Å². The maximum absolute atomic E-state index is 12.0. The highest BCUT2D eigenvalue weighted by Crippen LogP contribution is 2.17. The summed E-state index contributed by atoms with van der Waals surface area (Å²) in [6.45, 7) is 6.34. The number of hydrogen-bond donors (Lipinski definition) is 2. The molecule has 1 atom stereocenters. The zero-order valence-corrected chi connectivity index (χ0v) is 13.9. The van der Waals surface area contributed by atoms with Gasteiger partial charge in [0.1, 0.15) is 0 Å². The SMILES string of the molecule is Cc1ccc(NC(=O)CN[C@@H](C)c2cccc(Cl)c2)cc1C. The third-order valence-corrected chi connectivity index (χ3v) is 3.94. The van der Waals surface area contributed by atoms with Gasteiger partial charge in [0.15, 0.2) is 0 Å². The van der Waals surface area contributed by atoms with Crippen LogP contribution in [0, 0.1) is 13.8 Å². The molecule has 0 aliphatic carbocycles. The molecule has 116 valence electrons. The van der Waals surface area contributed by atoms with Crippen molar-refractivity contribution in [2.45, 2.75) is 26.8 Å². The van der Waals surface area contributed by atoms with Gasteiger partial charge in [0, 0.05) is 16.8 Å². The molecule has 2 aromatic carbocycles. The smallest absolute Gasteiger partial charge is 0.238 e. The lowest BCUT2D eigenvalue weighted by molar-refractivity contribution is -0.115. The summed E-state index contributed by atoms with van der Waals surface area (Å²) >= 11 is 5.98. The van der Waals surface area contributed by atoms with Crippen molar-refractivity contribution in [1.82, 2.24) is 5.32 Å². The van der Waals surface area contributed by atoms with Gasteiger partial charge in [0.25, 0.3) is 0 Å². The number of carbonyl (C=O) groups is 1. The third-order valence-electron chi connectivity index (χ3n) is 3.71. The van der Waals surface area contributed by atoms with Crippen LogP contribution in [0.1, 0.15) is 29.7 Å². The predicted octanol–water partition coefficient (Wildman–Crippen LogP) is 4.25. The minimum absolute atomic E-state index is 0.0582. The van der Waals surface area contributed by atoms with Crippen LogP contribution in [0.2, 0.25) is 5.02 Å². The Morgan fingerprint density at radius 3 is 2.59 bits per heavy atom.